The van der Waals surface area contributed by atoms with Gasteiger partial charge in [0.2, 0.25) is 5.78 Å². The highest BCUT2D eigenvalue weighted by Gasteiger charge is 2.33. The molecule has 0 aliphatic carbocycles. The summed E-state index contributed by atoms with van der Waals surface area (Å²) in [5.41, 5.74) is 2.40. The minimum absolute atomic E-state index is 0.157. The normalized spacial score (nSPS) is 16.4. The third-order valence-corrected chi connectivity index (χ3v) is 4.88. The van der Waals surface area contributed by atoms with E-state index in [2.05, 4.69) is 4.90 Å². The Kier molecular flexibility index (Phi) is 3.83. The maximum Gasteiger partial charge on any atom is 0.232 e. The summed E-state index contributed by atoms with van der Waals surface area (Å²) in [5.74, 6) is 2.75. The molecule has 0 N–H and O–H groups in total. The molecule has 1 aromatic heterocycles. The highest BCUT2D eigenvalue weighted by molar-refractivity contribution is 6.14. The van der Waals surface area contributed by atoms with E-state index in [0.717, 1.165) is 22.7 Å². The number of benzene rings is 2. The Balaban J connectivity index is 1.47. The Morgan fingerprint density at radius 1 is 1.11 bits per heavy atom. The van der Waals surface area contributed by atoms with E-state index < -0.39 is 0 Å². The van der Waals surface area contributed by atoms with Gasteiger partial charge in [-0.2, -0.15) is 0 Å². The van der Waals surface area contributed by atoms with E-state index in [1.807, 2.05) is 30.3 Å². The first kappa shape index (κ1) is 16.5. The Morgan fingerprint density at radius 3 is 2.71 bits per heavy atom. The number of ether oxygens (including phenoxy) is 3. The van der Waals surface area contributed by atoms with Crippen LogP contribution in [-0.4, -0.2) is 19.6 Å². The summed E-state index contributed by atoms with van der Waals surface area (Å²) >= 11 is 0. The zero-order valence-corrected chi connectivity index (χ0v) is 15.2. The molecule has 0 saturated heterocycles. The Labute approximate surface area is 161 Å². The van der Waals surface area contributed by atoms with Gasteiger partial charge in [0.15, 0.2) is 12.5 Å². The average molecular weight is 375 g/mol. The maximum atomic E-state index is 12.7. The fourth-order valence-corrected chi connectivity index (χ4v) is 3.42. The van der Waals surface area contributed by atoms with Crippen molar-refractivity contribution in [2.75, 3.05) is 18.7 Å². The van der Waals surface area contributed by atoms with Crippen molar-refractivity contribution < 1.29 is 23.4 Å². The van der Waals surface area contributed by atoms with Crippen LogP contribution in [0.2, 0.25) is 0 Å². The van der Waals surface area contributed by atoms with Gasteiger partial charge in [0, 0.05) is 11.8 Å². The summed E-state index contributed by atoms with van der Waals surface area (Å²) in [4.78, 5) is 14.8. The van der Waals surface area contributed by atoms with Gasteiger partial charge in [-0.15, -0.1) is 0 Å². The second-order valence-electron chi connectivity index (χ2n) is 6.54. The third-order valence-electron chi connectivity index (χ3n) is 4.88. The maximum absolute atomic E-state index is 12.7. The van der Waals surface area contributed by atoms with Crippen molar-refractivity contribution in [3.05, 3.63) is 77.4 Å². The molecule has 0 unspecified atom stereocenters. The number of rotatable bonds is 3. The van der Waals surface area contributed by atoms with Crippen molar-refractivity contribution in [3.63, 3.8) is 0 Å². The number of ketones is 1. The van der Waals surface area contributed by atoms with Crippen LogP contribution in [0.25, 0.3) is 6.08 Å². The van der Waals surface area contributed by atoms with Crippen LogP contribution >= 0.6 is 0 Å². The topological polar surface area (TPSA) is 61.1 Å². The van der Waals surface area contributed by atoms with E-state index in [4.69, 9.17) is 18.6 Å². The summed E-state index contributed by atoms with van der Waals surface area (Å²) in [5, 5.41) is 0. The van der Waals surface area contributed by atoms with Gasteiger partial charge >= 0.3 is 0 Å². The molecule has 5 rings (SSSR count). The van der Waals surface area contributed by atoms with E-state index in [9.17, 15) is 4.79 Å². The molecule has 0 saturated carbocycles. The predicted molar refractivity (Wildman–Crippen MR) is 103 cm³/mol. The first-order valence-electron chi connectivity index (χ1n) is 8.88. The van der Waals surface area contributed by atoms with Crippen LogP contribution < -0.4 is 19.1 Å². The molecule has 2 aliphatic heterocycles. The number of methoxy groups -OCH3 is 1. The van der Waals surface area contributed by atoms with Crippen molar-refractivity contribution in [2.45, 2.75) is 6.54 Å². The van der Waals surface area contributed by atoms with Gasteiger partial charge in [0.1, 0.15) is 23.0 Å². The van der Waals surface area contributed by atoms with E-state index >= 15 is 0 Å². The van der Waals surface area contributed by atoms with Crippen molar-refractivity contribution in [3.8, 4) is 17.2 Å². The van der Waals surface area contributed by atoms with E-state index in [1.165, 1.54) is 0 Å². The minimum Gasteiger partial charge on any atom is -0.497 e. The molecule has 6 nitrogen and oxygen atoms in total. The van der Waals surface area contributed by atoms with Crippen LogP contribution in [-0.2, 0) is 6.54 Å². The SMILES string of the molecule is COc1ccc(N2COc3ccc4c(c3C2)O/C(=C\c2ccco2)C4=O)cc1. The molecule has 3 heterocycles. The zero-order valence-electron chi connectivity index (χ0n) is 15.2. The van der Waals surface area contributed by atoms with Gasteiger partial charge in [-0.3, -0.25) is 4.79 Å². The number of allylic oxidation sites excluding steroid dienone is 1. The van der Waals surface area contributed by atoms with Crippen molar-refractivity contribution in [2.24, 2.45) is 0 Å². The summed E-state index contributed by atoms with van der Waals surface area (Å²) in [6.45, 7) is 0.993. The molecule has 2 aromatic carbocycles. The highest BCUT2D eigenvalue weighted by Crippen LogP contribution is 2.42. The Hall–Kier alpha value is -3.67. The molecule has 28 heavy (non-hydrogen) atoms. The van der Waals surface area contributed by atoms with Crippen LogP contribution in [0.3, 0.4) is 0 Å². The quantitative estimate of drug-likeness (QED) is 0.638. The number of carbonyl (C=O) groups is 1. The summed E-state index contributed by atoms with van der Waals surface area (Å²) < 4.78 is 22.4. The van der Waals surface area contributed by atoms with Gasteiger partial charge in [-0.25, -0.2) is 0 Å². The lowest BCUT2D eigenvalue weighted by Gasteiger charge is -2.31. The number of furan rings is 1. The summed E-state index contributed by atoms with van der Waals surface area (Å²) in [7, 11) is 1.64. The molecule has 0 bridgehead atoms. The first-order valence-corrected chi connectivity index (χ1v) is 8.88. The van der Waals surface area contributed by atoms with Crippen LogP contribution in [0.15, 0.2) is 65.0 Å². The van der Waals surface area contributed by atoms with Crippen LogP contribution in [0.4, 0.5) is 5.69 Å². The second kappa shape index (κ2) is 6.49. The fourth-order valence-electron chi connectivity index (χ4n) is 3.42. The van der Waals surface area contributed by atoms with Crippen LogP contribution in [0, 0.1) is 0 Å². The molecular weight excluding hydrogens is 358 g/mol. The molecule has 0 amide bonds. The number of hydrogen-bond donors (Lipinski definition) is 0. The molecule has 3 aromatic rings. The van der Waals surface area contributed by atoms with Crippen molar-refractivity contribution >= 4 is 17.5 Å². The molecule has 6 heteroatoms. The third kappa shape index (κ3) is 2.70. The van der Waals surface area contributed by atoms with E-state index in [0.29, 0.717) is 30.3 Å². The number of anilines is 1. The van der Waals surface area contributed by atoms with E-state index in [-0.39, 0.29) is 11.5 Å². The fraction of sp³-hybridized carbons (Fsp3) is 0.136. The Morgan fingerprint density at radius 2 is 1.96 bits per heavy atom. The summed E-state index contributed by atoms with van der Waals surface area (Å²) in [6, 6.07) is 14.9. The van der Waals surface area contributed by atoms with Gasteiger partial charge < -0.3 is 23.5 Å². The molecule has 140 valence electrons. The number of carbonyl (C=O) groups excluding carboxylic acids is 1. The molecular formula is C22H17NO5. The van der Waals surface area contributed by atoms with Gasteiger partial charge in [-0.05, 0) is 48.5 Å². The van der Waals surface area contributed by atoms with E-state index in [1.54, 1.807) is 37.6 Å². The van der Waals surface area contributed by atoms with Gasteiger partial charge in [-0.1, -0.05) is 0 Å². The van der Waals surface area contributed by atoms with Crippen LogP contribution in [0.1, 0.15) is 21.7 Å². The molecule has 0 atom stereocenters. The Bertz CT molecular complexity index is 1070. The largest absolute Gasteiger partial charge is 0.497 e. The lowest BCUT2D eigenvalue weighted by Crippen LogP contribution is -2.32. The highest BCUT2D eigenvalue weighted by atomic mass is 16.5. The number of nitrogens with zero attached hydrogens (tertiary/aromatic N) is 1. The molecule has 2 aliphatic rings. The molecule has 0 fully saturated rings. The number of fused-ring (bicyclic) bond motifs is 3. The van der Waals surface area contributed by atoms with Gasteiger partial charge in [0.05, 0.1) is 31.0 Å². The number of hydrogen-bond acceptors (Lipinski definition) is 6. The lowest BCUT2D eigenvalue weighted by molar-refractivity contribution is 0.101. The van der Waals surface area contributed by atoms with Gasteiger partial charge in [0.25, 0.3) is 0 Å². The van der Waals surface area contributed by atoms with Crippen LogP contribution in [0.5, 0.6) is 17.2 Å². The number of Topliss-reactive ketones (excluding diaryl/α,β-unsaturated/α-hetero) is 1. The van der Waals surface area contributed by atoms with Crippen molar-refractivity contribution in [1.82, 2.24) is 0 Å². The predicted octanol–water partition coefficient (Wildman–Crippen LogP) is 4.26. The summed E-state index contributed by atoms with van der Waals surface area (Å²) in [6.07, 6.45) is 3.17. The standard InChI is InChI=1S/C22H17NO5/c1-25-15-6-4-14(5-7-15)23-12-18-19(27-13-23)9-8-17-21(24)20(28-22(17)18)11-16-3-2-10-26-16/h2-11H,12-13H2,1H3/b20-11-. The molecule has 0 spiro atoms. The first-order chi connectivity index (χ1) is 13.7. The van der Waals surface area contributed by atoms with Crippen molar-refractivity contribution in [1.29, 1.82) is 0 Å². The monoisotopic (exact) mass is 375 g/mol. The molecule has 0 radical (unpaired) electrons. The minimum atomic E-state index is -0.157. The zero-order chi connectivity index (χ0) is 19.1. The lowest BCUT2D eigenvalue weighted by atomic mass is 10.0. The smallest absolute Gasteiger partial charge is 0.232 e. The second-order valence-corrected chi connectivity index (χ2v) is 6.54. The average Bonchev–Trinajstić information content (AvgIpc) is 3.36.